The Kier molecular flexibility index (Phi) is 3.57. The van der Waals surface area contributed by atoms with E-state index >= 15 is 0 Å². The normalized spacial score (nSPS) is 18.0. The fourth-order valence-electron chi connectivity index (χ4n) is 2.18. The second-order valence-electron chi connectivity index (χ2n) is 4.46. The van der Waals surface area contributed by atoms with Gasteiger partial charge in [-0.25, -0.2) is 4.98 Å². The number of hydrogen-bond acceptors (Lipinski definition) is 5. The van der Waals surface area contributed by atoms with Gasteiger partial charge in [-0.2, -0.15) is 0 Å². The monoisotopic (exact) mass is 301 g/mol. The van der Waals surface area contributed by atoms with E-state index in [2.05, 4.69) is 4.98 Å². The minimum absolute atomic E-state index is 0.0120. The molecular weight excluding hydrogens is 290 g/mol. The second kappa shape index (κ2) is 5.53. The van der Waals surface area contributed by atoms with E-state index < -0.39 is 4.92 Å². The van der Waals surface area contributed by atoms with Crippen LogP contribution in [-0.4, -0.2) is 21.6 Å². The molecule has 1 fully saturated rings. The average molecular weight is 301 g/mol. The summed E-state index contributed by atoms with van der Waals surface area (Å²) >= 11 is 1.49. The van der Waals surface area contributed by atoms with Crippen molar-refractivity contribution >= 4 is 29.2 Å². The van der Waals surface area contributed by atoms with Crippen molar-refractivity contribution in [1.29, 1.82) is 0 Å². The topological polar surface area (TPSA) is 76.3 Å². The van der Waals surface area contributed by atoms with Crippen molar-refractivity contribution in [2.24, 2.45) is 0 Å². The fraction of sp³-hybridized carbons (Fsp3) is 0.143. The van der Waals surface area contributed by atoms with Crippen molar-refractivity contribution in [1.82, 2.24) is 4.98 Å². The van der Waals surface area contributed by atoms with Crippen molar-refractivity contribution in [3.05, 3.63) is 64.3 Å². The minimum atomic E-state index is -0.437. The number of thioether (sulfide) groups is 1. The molecule has 0 bridgehead atoms. The summed E-state index contributed by atoms with van der Waals surface area (Å²) in [6, 6.07) is 11.7. The van der Waals surface area contributed by atoms with Gasteiger partial charge in [0.1, 0.15) is 11.2 Å². The summed E-state index contributed by atoms with van der Waals surface area (Å²) in [4.78, 5) is 28.2. The molecule has 2 aromatic rings. The number of nitrogens with zero attached hydrogens (tertiary/aromatic N) is 3. The Balaban J connectivity index is 1.93. The van der Waals surface area contributed by atoms with Gasteiger partial charge in [0.2, 0.25) is 5.91 Å². The summed E-state index contributed by atoms with van der Waals surface area (Å²) in [6.45, 7) is 0. The third kappa shape index (κ3) is 2.59. The van der Waals surface area contributed by atoms with Gasteiger partial charge >= 0.3 is 0 Å². The van der Waals surface area contributed by atoms with Crippen LogP contribution in [0.1, 0.15) is 10.9 Å². The first-order valence-corrected chi connectivity index (χ1v) is 7.31. The molecule has 7 heteroatoms. The third-order valence-corrected chi connectivity index (χ3v) is 4.37. The predicted molar refractivity (Wildman–Crippen MR) is 80.0 cm³/mol. The Hall–Kier alpha value is -2.41. The number of rotatable bonds is 3. The highest BCUT2D eigenvalue weighted by atomic mass is 32.2. The van der Waals surface area contributed by atoms with Gasteiger partial charge < -0.3 is 0 Å². The summed E-state index contributed by atoms with van der Waals surface area (Å²) in [5, 5.41) is 10.5. The third-order valence-electron chi connectivity index (χ3n) is 3.15. The van der Waals surface area contributed by atoms with Crippen LogP contribution >= 0.6 is 11.8 Å². The molecule has 0 radical (unpaired) electrons. The lowest BCUT2D eigenvalue weighted by atomic mass is 10.2. The lowest BCUT2D eigenvalue weighted by molar-refractivity contribution is -0.384. The molecule has 0 spiro atoms. The Bertz CT molecular complexity index is 676. The van der Waals surface area contributed by atoms with Crippen molar-refractivity contribution in [2.45, 2.75) is 5.37 Å². The molecule has 2 heterocycles. The number of amides is 1. The van der Waals surface area contributed by atoms with Crippen LogP contribution in [0, 0.1) is 10.1 Å². The Morgan fingerprint density at radius 3 is 2.62 bits per heavy atom. The number of nitro groups is 1. The number of hydrogen-bond donors (Lipinski definition) is 0. The van der Waals surface area contributed by atoms with E-state index in [1.54, 1.807) is 35.4 Å². The standard InChI is InChI=1S/C14H11N3O3S/c18-13-9-21-14(16(13)12-3-1-2-8-15-12)10-4-6-11(7-5-10)17(19)20/h1-8,14H,9H2. The van der Waals surface area contributed by atoms with Gasteiger partial charge in [0, 0.05) is 18.3 Å². The van der Waals surface area contributed by atoms with Crippen molar-refractivity contribution in [3.63, 3.8) is 0 Å². The zero-order chi connectivity index (χ0) is 14.8. The molecule has 21 heavy (non-hydrogen) atoms. The summed E-state index contributed by atoms with van der Waals surface area (Å²) in [5.41, 5.74) is 0.888. The molecule has 1 unspecified atom stereocenters. The first kappa shape index (κ1) is 13.6. The molecular formula is C14H11N3O3S. The highest BCUT2D eigenvalue weighted by Gasteiger charge is 2.34. The molecule has 1 aromatic carbocycles. The molecule has 1 atom stereocenters. The Labute approximate surface area is 124 Å². The first-order valence-electron chi connectivity index (χ1n) is 6.26. The highest BCUT2D eigenvalue weighted by molar-refractivity contribution is 8.00. The molecule has 1 saturated heterocycles. The fourth-order valence-corrected chi connectivity index (χ4v) is 3.34. The van der Waals surface area contributed by atoms with E-state index in [9.17, 15) is 14.9 Å². The van der Waals surface area contributed by atoms with Gasteiger partial charge in [-0.15, -0.1) is 11.8 Å². The SMILES string of the molecule is O=C1CSC(c2ccc([N+](=O)[O-])cc2)N1c1ccccn1. The van der Waals surface area contributed by atoms with E-state index in [1.165, 1.54) is 23.9 Å². The molecule has 0 saturated carbocycles. The lowest BCUT2D eigenvalue weighted by Crippen LogP contribution is -2.28. The molecule has 106 valence electrons. The van der Waals surface area contributed by atoms with Gasteiger partial charge in [-0.05, 0) is 29.8 Å². The number of pyridine rings is 1. The van der Waals surface area contributed by atoms with Gasteiger partial charge in [0.15, 0.2) is 0 Å². The molecule has 0 N–H and O–H groups in total. The van der Waals surface area contributed by atoms with Crippen LogP contribution in [0.15, 0.2) is 48.7 Å². The van der Waals surface area contributed by atoms with Crippen LogP contribution in [0.25, 0.3) is 0 Å². The number of aromatic nitrogens is 1. The van der Waals surface area contributed by atoms with Gasteiger partial charge in [-0.1, -0.05) is 6.07 Å². The second-order valence-corrected chi connectivity index (χ2v) is 5.53. The van der Waals surface area contributed by atoms with Crippen LogP contribution < -0.4 is 4.90 Å². The zero-order valence-corrected chi connectivity index (χ0v) is 11.7. The summed E-state index contributed by atoms with van der Waals surface area (Å²) in [7, 11) is 0. The van der Waals surface area contributed by atoms with E-state index in [1.807, 2.05) is 6.07 Å². The summed E-state index contributed by atoms with van der Waals surface area (Å²) in [6.07, 6.45) is 1.64. The molecule has 3 rings (SSSR count). The predicted octanol–water partition coefficient (Wildman–Crippen LogP) is 2.77. The van der Waals surface area contributed by atoms with Crippen molar-refractivity contribution in [2.75, 3.05) is 10.7 Å². The van der Waals surface area contributed by atoms with Crippen LogP contribution in [0.3, 0.4) is 0 Å². The zero-order valence-electron chi connectivity index (χ0n) is 10.9. The van der Waals surface area contributed by atoms with Gasteiger partial charge in [0.25, 0.3) is 5.69 Å². The Morgan fingerprint density at radius 1 is 1.24 bits per heavy atom. The largest absolute Gasteiger partial charge is 0.279 e. The minimum Gasteiger partial charge on any atom is -0.279 e. The highest BCUT2D eigenvalue weighted by Crippen LogP contribution is 2.41. The number of carbonyl (C=O) groups excluding carboxylic acids is 1. The van der Waals surface area contributed by atoms with Gasteiger partial charge in [-0.3, -0.25) is 19.8 Å². The molecule has 1 aliphatic rings. The maximum atomic E-state index is 12.1. The summed E-state index contributed by atoms with van der Waals surface area (Å²) in [5.74, 6) is 0.955. The maximum Gasteiger partial charge on any atom is 0.269 e. The lowest BCUT2D eigenvalue weighted by Gasteiger charge is -2.23. The van der Waals surface area contributed by atoms with Crippen molar-refractivity contribution < 1.29 is 9.72 Å². The summed E-state index contributed by atoms with van der Waals surface area (Å²) < 4.78 is 0. The molecule has 1 aromatic heterocycles. The molecule has 6 nitrogen and oxygen atoms in total. The van der Waals surface area contributed by atoms with E-state index in [-0.39, 0.29) is 17.0 Å². The van der Waals surface area contributed by atoms with Crippen LogP contribution in [0.4, 0.5) is 11.5 Å². The van der Waals surface area contributed by atoms with Crippen LogP contribution in [0.5, 0.6) is 0 Å². The number of benzene rings is 1. The van der Waals surface area contributed by atoms with E-state index in [4.69, 9.17) is 0 Å². The van der Waals surface area contributed by atoms with Gasteiger partial charge in [0.05, 0.1) is 10.7 Å². The quantitative estimate of drug-likeness (QED) is 0.643. The van der Waals surface area contributed by atoms with E-state index in [0.29, 0.717) is 11.6 Å². The smallest absolute Gasteiger partial charge is 0.269 e. The number of nitro benzene ring substituents is 1. The first-order chi connectivity index (χ1) is 10.2. The number of anilines is 1. The van der Waals surface area contributed by atoms with Crippen molar-refractivity contribution in [3.8, 4) is 0 Å². The van der Waals surface area contributed by atoms with Crippen LogP contribution in [0.2, 0.25) is 0 Å². The maximum absolute atomic E-state index is 12.1. The number of non-ortho nitro benzene ring substituents is 1. The molecule has 1 aliphatic heterocycles. The number of carbonyl (C=O) groups is 1. The Morgan fingerprint density at radius 2 is 2.00 bits per heavy atom. The van der Waals surface area contributed by atoms with E-state index in [0.717, 1.165) is 5.56 Å². The average Bonchev–Trinajstić information content (AvgIpc) is 2.90. The molecule has 1 amide bonds. The van der Waals surface area contributed by atoms with Crippen LogP contribution in [-0.2, 0) is 4.79 Å². The molecule has 0 aliphatic carbocycles.